The van der Waals surface area contributed by atoms with Crippen molar-refractivity contribution in [1.82, 2.24) is 4.98 Å². The van der Waals surface area contributed by atoms with Crippen molar-refractivity contribution in [3.05, 3.63) is 70.9 Å². The second kappa shape index (κ2) is 5.02. The highest BCUT2D eigenvalue weighted by atomic mass is 16.1. The topological polar surface area (TPSA) is 56.0 Å². The molecule has 1 aromatic heterocycles. The maximum absolute atomic E-state index is 12.7. The summed E-state index contributed by atoms with van der Waals surface area (Å²) in [5.74, 6) is -0.0892. The number of para-hydroxylation sites is 1. The number of aryl methyl sites for hydroxylation is 2. The molecule has 2 N–H and O–H groups in total. The second-order valence-corrected chi connectivity index (χ2v) is 5.26. The molecule has 0 fully saturated rings. The predicted octanol–water partition coefficient (Wildman–Crippen LogP) is 3.66. The molecule has 0 aliphatic carbocycles. The fourth-order valence-electron chi connectivity index (χ4n) is 2.44. The molecule has 104 valence electrons. The Hall–Kier alpha value is -2.68. The van der Waals surface area contributed by atoms with Crippen LogP contribution in [0.4, 0.5) is 5.69 Å². The smallest absolute Gasteiger partial charge is 0.211 e. The van der Waals surface area contributed by atoms with Crippen LogP contribution in [0, 0.1) is 13.8 Å². The molecule has 3 heteroatoms. The number of nitrogen functional groups attached to an aromatic ring is 1. The SMILES string of the molecule is Cc1ccc(C)c(C(=O)c2cc(N)c3ccccc3n2)c1. The van der Waals surface area contributed by atoms with Gasteiger partial charge in [-0.15, -0.1) is 0 Å². The van der Waals surface area contributed by atoms with Gasteiger partial charge in [0.2, 0.25) is 5.78 Å². The lowest BCUT2D eigenvalue weighted by molar-refractivity contribution is 0.103. The summed E-state index contributed by atoms with van der Waals surface area (Å²) in [6, 6.07) is 15.1. The van der Waals surface area contributed by atoms with Gasteiger partial charge in [-0.25, -0.2) is 4.98 Å². The first kappa shape index (κ1) is 13.3. The van der Waals surface area contributed by atoms with Crippen LogP contribution >= 0.6 is 0 Å². The molecule has 0 atom stereocenters. The molecular weight excluding hydrogens is 260 g/mol. The van der Waals surface area contributed by atoms with Gasteiger partial charge in [-0.1, -0.05) is 35.9 Å². The number of nitrogens with two attached hydrogens (primary N) is 1. The number of benzene rings is 2. The van der Waals surface area contributed by atoms with Crippen LogP contribution in [0.1, 0.15) is 27.2 Å². The van der Waals surface area contributed by atoms with Crippen LogP contribution in [0.25, 0.3) is 10.9 Å². The molecule has 3 nitrogen and oxygen atoms in total. The average molecular weight is 276 g/mol. The van der Waals surface area contributed by atoms with E-state index in [1.807, 2.05) is 56.3 Å². The van der Waals surface area contributed by atoms with E-state index in [9.17, 15) is 4.79 Å². The molecule has 21 heavy (non-hydrogen) atoms. The van der Waals surface area contributed by atoms with Crippen molar-refractivity contribution >= 4 is 22.4 Å². The summed E-state index contributed by atoms with van der Waals surface area (Å²) in [6.45, 7) is 3.90. The summed E-state index contributed by atoms with van der Waals surface area (Å²) in [6.07, 6.45) is 0. The normalized spacial score (nSPS) is 10.8. The summed E-state index contributed by atoms with van der Waals surface area (Å²) in [7, 11) is 0. The van der Waals surface area contributed by atoms with E-state index in [0.717, 1.165) is 22.0 Å². The van der Waals surface area contributed by atoms with Gasteiger partial charge >= 0.3 is 0 Å². The first-order valence-corrected chi connectivity index (χ1v) is 6.83. The summed E-state index contributed by atoms with van der Waals surface area (Å²) < 4.78 is 0. The van der Waals surface area contributed by atoms with E-state index in [1.54, 1.807) is 6.07 Å². The van der Waals surface area contributed by atoms with Crippen molar-refractivity contribution in [3.63, 3.8) is 0 Å². The minimum absolute atomic E-state index is 0.0892. The van der Waals surface area contributed by atoms with Crippen LogP contribution in [0.3, 0.4) is 0 Å². The molecule has 3 rings (SSSR count). The van der Waals surface area contributed by atoms with Gasteiger partial charge < -0.3 is 5.73 Å². The third-order valence-electron chi connectivity index (χ3n) is 3.62. The van der Waals surface area contributed by atoms with Gasteiger partial charge in [-0.2, -0.15) is 0 Å². The summed E-state index contributed by atoms with van der Waals surface area (Å²) in [4.78, 5) is 17.2. The predicted molar refractivity (Wildman–Crippen MR) is 85.5 cm³/mol. The molecule has 0 bridgehead atoms. The minimum atomic E-state index is -0.0892. The lowest BCUT2D eigenvalue weighted by Gasteiger charge is -2.08. The zero-order valence-corrected chi connectivity index (χ0v) is 12.1. The van der Waals surface area contributed by atoms with Gasteiger partial charge in [0.15, 0.2) is 0 Å². The maximum Gasteiger partial charge on any atom is 0.211 e. The number of fused-ring (bicyclic) bond motifs is 1. The minimum Gasteiger partial charge on any atom is -0.398 e. The molecule has 3 aromatic rings. The van der Waals surface area contributed by atoms with E-state index in [2.05, 4.69) is 4.98 Å². The molecule has 2 aromatic carbocycles. The van der Waals surface area contributed by atoms with Crippen molar-refractivity contribution in [3.8, 4) is 0 Å². The van der Waals surface area contributed by atoms with E-state index >= 15 is 0 Å². The Labute approximate surface area is 123 Å². The van der Waals surface area contributed by atoms with Crippen LogP contribution < -0.4 is 5.73 Å². The lowest BCUT2D eigenvalue weighted by atomic mass is 9.99. The quantitative estimate of drug-likeness (QED) is 0.727. The number of rotatable bonds is 2. The van der Waals surface area contributed by atoms with Gasteiger partial charge in [-0.3, -0.25) is 4.79 Å². The van der Waals surface area contributed by atoms with Crippen LogP contribution in [0.5, 0.6) is 0 Å². The molecule has 0 unspecified atom stereocenters. The Balaban J connectivity index is 2.16. The Morgan fingerprint density at radius 3 is 2.62 bits per heavy atom. The van der Waals surface area contributed by atoms with E-state index in [1.165, 1.54) is 0 Å². The number of hydrogen-bond acceptors (Lipinski definition) is 3. The first-order chi connectivity index (χ1) is 10.1. The number of ketones is 1. The highest BCUT2D eigenvalue weighted by molar-refractivity contribution is 6.10. The average Bonchev–Trinajstić information content (AvgIpc) is 2.49. The molecule has 0 saturated carbocycles. The molecular formula is C18H16N2O. The number of hydrogen-bond donors (Lipinski definition) is 1. The second-order valence-electron chi connectivity index (χ2n) is 5.26. The van der Waals surface area contributed by atoms with Gasteiger partial charge in [0.05, 0.1) is 5.52 Å². The van der Waals surface area contributed by atoms with Crippen LogP contribution in [-0.2, 0) is 0 Å². The van der Waals surface area contributed by atoms with Gasteiger partial charge in [0.25, 0.3) is 0 Å². The molecule has 0 aliphatic rings. The third-order valence-corrected chi connectivity index (χ3v) is 3.62. The third kappa shape index (κ3) is 2.38. The Morgan fingerprint density at radius 2 is 1.81 bits per heavy atom. The van der Waals surface area contributed by atoms with Gasteiger partial charge in [0.1, 0.15) is 5.69 Å². The molecule has 0 aliphatic heterocycles. The molecule has 0 radical (unpaired) electrons. The van der Waals surface area contributed by atoms with Crippen LogP contribution in [0.15, 0.2) is 48.5 Å². The fraction of sp³-hybridized carbons (Fsp3) is 0.111. The Bertz CT molecular complexity index is 853. The Kier molecular flexibility index (Phi) is 3.18. The van der Waals surface area contributed by atoms with E-state index in [-0.39, 0.29) is 5.78 Å². The monoisotopic (exact) mass is 276 g/mol. The molecule has 1 heterocycles. The molecule has 0 saturated heterocycles. The molecule has 0 spiro atoms. The van der Waals surface area contributed by atoms with Crippen LogP contribution in [0.2, 0.25) is 0 Å². The number of carbonyl (C=O) groups is 1. The van der Waals surface area contributed by atoms with E-state index in [4.69, 9.17) is 5.73 Å². The number of aromatic nitrogens is 1. The Morgan fingerprint density at radius 1 is 1.05 bits per heavy atom. The first-order valence-electron chi connectivity index (χ1n) is 6.83. The van der Waals surface area contributed by atoms with Gasteiger partial charge in [0, 0.05) is 16.6 Å². The summed E-state index contributed by atoms with van der Waals surface area (Å²) in [5.41, 5.74) is 10.4. The van der Waals surface area contributed by atoms with Crippen molar-refractivity contribution < 1.29 is 4.79 Å². The number of carbonyl (C=O) groups excluding carboxylic acids is 1. The number of pyridine rings is 1. The highest BCUT2D eigenvalue weighted by Gasteiger charge is 2.15. The summed E-state index contributed by atoms with van der Waals surface area (Å²) in [5, 5.41) is 0.870. The standard InChI is InChI=1S/C18H16N2O/c1-11-7-8-12(2)14(9-11)18(21)17-10-15(19)13-5-3-4-6-16(13)20-17/h3-10H,1-2H3,(H2,19,20). The van der Waals surface area contributed by atoms with Crippen molar-refractivity contribution in [2.75, 3.05) is 5.73 Å². The van der Waals surface area contributed by atoms with Crippen molar-refractivity contribution in [2.24, 2.45) is 0 Å². The zero-order valence-electron chi connectivity index (χ0n) is 12.1. The largest absolute Gasteiger partial charge is 0.398 e. The van der Waals surface area contributed by atoms with Crippen molar-refractivity contribution in [2.45, 2.75) is 13.8 Å². The number of anilines is 1. The lowest BCUT2D eigenvalue weighted by Crippen LogP contribution is -2.07. The maximum atomic E-state index is 12.7. The van der Waals surface area contributed by atoms with E-state index in [0.29, 0.717) is 16.9 Å². The van der Waals surface area contributed by atoms with E-state index < -0.39 is 0 Å². The van der Waals surface area contributed by atoms with Gasteiger partial charge in [-0.05, 0) is 37.6 Å². The fourth-order valence-corrected chi connectivity index (χ4v) is 2.44. The molecule has 0 amide bonds. The zero-order chi connectivity index (χ0) is 15.0. The summed E-state index contributed by atoms with van der Waals surface area (Å²) >= 11 is 0. The van der Waals surface area contributed by atoms with Crippen molar-refractivity contribution in [1.29, 1.82) is 0 Å². The number of nitrogens with zero attached hydrogens (tertiary/aromatic N) is 1. The highest BCUT2D eigenvalue weighted by Crippen LogP contribution is 2.22. The van der Waals surface area contributed by atoms with Crippen LogP contribution in [-0.4, -0.2) is 10.8 Å².